The minimum atomic E-state index is -0.987. The zero-order chi connectivity index (χ0) is 13.5. The third-order valence-corrected chi connectivity index (χ3v) is 2.71. The highest BCUT2D eigenvalue weighted by Crippen LogP contribution is 2.05. The van der Waals surface area contributed by atoms with Gasteiger partial charge in [-0.05, 0) is 25.0 Å². The van der Waals surface area contributed by atoms with E-state index < -0.39 is 12.0 Å². The van der Waals surface area contributed by atoms with E-state index >= 15 is 0 Å². The molecule has 1 aromatic rings. The Bertz CT molecular complexity index is 412. The van der Waals surface area contributed by atoms with Gasteiger partial charge in [0.2, 0.25) is 0 Å². The van der Waals surface area contributed by atoms with Gasteiger partial charge in [-0.3, -0.25) is 4.79 Å². The molecule has 1 heterocycles. The molecule has 0 unspecified atom stereocenters. The highest BCUT2D eigenvalue weighted by molar-refractivity contribution is 5.95. The van der Waals surface area contributed by atoms with Gasteiger partial charge in [-0.15, -0.1) is 0 Å². The van der Waals surface area contributed by atoms with Crippen LogP contribution < -0.4 is 5.32 Å². The van der Waals surface area contributed by atoms with Crippen LogP contribution in [0.15, 0.2) is 18.3 Å². The van der Waals surface area contributed by atoms with Crippen LogP contribution in [0, 0.1) is 0 Å². The van der Waals surface area contributed by atoms with E-state index in [1.807, 2.05) is 24.6 Å². The zero-order valence-electron chi connectivity index (χ0n) is 10.8. The number of rotatable bonds is 7. The van der Waals surface area contributed by atoms with E-state index in [1.54, 1.807) is 12.1 Å². The molecule has 0 aromatic carbocycles. The second-order valence-electron chi connectivity index (χ2n) is 4.24. The number of carbonyl (C=O) groups excluding carboxylic acids is 1. The van der Waals surface area contributed by atoms with Crippen LogP contribution >= 0.6 is 0 Å². The fourth-order valence-corrected chi connectivity index (χ4v) is 1.83. The van der Waals surface area contributed by atoms with Gasteiger partial charge in [0, 0.05) is 12.7 Å². The molecule has 1 aromatic heterocycles. The van der Waals surface area contributed by atoms with Crippen LogP contribution in [0.4, 0.5) is 0 Å². The van der Waals surface area contributed by atoms with Crippen molar-refractivity contribution in [3.05, 3.63) is 24.0 Å². The summed E-state index contributed by atoms with van der Waals surface area (Å²) in [6, 6.07) is 2.68. The molecule has 18 heavy (non-hydrogen) atoms. The van der Waals surface area contributed by atoms with Crippen molar-refractivity contribution in [3.8, 4) is 0 Å². The van der Waals surface area contributed by atoms with Crippen molar-refractivity contribution in [2.24, 2.45) is 0 Å². The summed E-state index contributed by atoms with van der Waals surface area (Å²) in [6.45, 7) is 4.67. The molecule has 0 aliphatic heterocycles. The molecule has 0 radical (unpaired) electrons. The van der Waals surface area contributed by atoms with E-state index in [4.69, 9.17) is 5.11 Å². The number of aryl methyl sites for hydroxylation is 1. The topological polar surface area (TPSA) is 71.3 Å². The number of hydrogen-bond acceptors (Lipinski definition) is 2. The molecular weight excluding hydrogens is 232 g/mol. The molecule has 100 valence electrons. The van der Waals surface area contributed by atoms with Gasteiger partial charge in [-0.2, -0.15) is 0 Å². The number of carbonyl (C=O) groups is 2. The summed E-state index contributed by atoms with van der Waals surface area (Å²) in [5, 5.41) is 11.6. The van der Waals surface area contributed by atoms with Gasteiger partial charge < -0.3 is 15.0 Å². The van der Waals surface area contributed by atoms with Crippen LogP contribution in [-0.2, 0) is 11.3 Å². The van der Waals surface area contributed by atoms with Crippen molar-refractivity contribution in [2.75, 3.05) is 0 Å². The molecular formula is C13H20N2O3. The van der Waals surface area contributed by atoms with Crippen molar-refractivity contribution in [1.82, 2.24) is 9.88 Å². The second kappa shape index (κ2) is 6.83. The van der Waals surface area contributed by atoms with Gasteiger partial charge in [-0.25, -0.2) is 4.79 Å². The number of carboxylic acids is 1. The number of aliphatic carboxylic acids is 1. The summed E-state index contributed by atoms with van der Waals surface area (Å²) in [5.41, 5.74) is 0.513. The Morgan fingerprint density at radius 2 is 2.11 bits per heavy atom. The summed E-state index contributed by atoms with van der Waals surface area (Å²) in [4.78, 5) is 23.0. The van der Waals surface area contributed by atoms with E-state index in [0.29, 0.717) is 18.5 Å². The number of carboxylic acid groups (broad SMARTS) is 1. The number of amides is 1. The first-order valence-corrected chi connectivity index (χ1v) is 6.29. The first-order valence-electron chi connectivity index (χ1n) is 6.29. The molecule has 5 nitrogen and oxygen atoms in total. The van der Waals surface area contributed by atoms with Crippen molar-refractivity contribution in [2.45, 2.75) is 45.7 Å². The Hall–Kier alpha value is -1.78. The summed E-state index contributed by atoms with van der Waals surface area (Å²) in [7, 11) is 0. The van der Waals surface area contributed by atoms with E-state index in [-0.39, 0.29) is 5.91 Å². The predicted molar refractivity (Wildman–Crippen MR) is 68.5 cm³/mol. The Labute approximate surface area is 107 Å². The monoisotopic (exact) mass is 252 g/mol. The quantitative estimate of drug-likeness (QED) is 0.778. The fourth-order valence-electron chi connectivity index (χ4n) is 1.83. The summed E-state index contributed by atoms with van der Waals surface area (Å²) < 4.78 is 1.83. The molecule has 2 N–H and O–H groups in total. The van der Waals surface area contributed by atoms with Crippen molar-refractivity contribution < 1.29 is 14.7 Å². The van der Waals surface area contributed by atoms with Gasteiger partial charge in [0.05, 0.1) is 0 Å². The molecule has 5 heteroatoms. The first-order chi connectivity index (χ1) is 8.60. The summed E-state index contributed by atoms with van der Waals surface area (Å²) in [6.07, 6.45) is 3.91. The Kier molecular flexibility index (Phi) is 5.42. The SMILES string of the molecule is CCC[C@@H](NC(=O)c1cccn1CCC)C(=O)O. The van der Waals surface area contributed by atoms with Gasteiger partial charge in [0.25, 0.3) is 5.91 Å². The Morgan fingerprint density at radius 3 is 2.67 bits per heavy atom. The molecule has 0 saturated carbocycles. The Balaban J connectivity index is 2.74. The van der Waals surface area contributed by atoms with Gasteiger partial charge in [-0.1, -0.05) is 20.3 Å². The molecule has 0 bridgehead atoms. The van der Waals surface area contributed by atoms with E-state index in [0.717, 1.165) is 13.0 Å². The van der Waals surface area contributed by atoms with Crippen LogP contribution in [0.25, 0.3) is 0 Å². The largest absolute Gasteiger partial charge is 0.480 e. The maximum Gasteiger partial charge on any atom is 0.326 e. The predicted octanol–water partition coefficient (Wildman–Crippen LogP) is 1.88. The van der Waals surface area contributed by atoms with E-state index in [9.17, 15) is 9.59 Å². The summed E-state index contributed by atoms with van der Waals surface area (Å²) >= 11 is 0. The lowest BCUT2D eigenvalue weighted by atomic mass is 10.1. The van der Waals surface area contributed by atoms with Crippen LogP contribution in [0.5, 0.6) is 0 Å². The highest BCUT2D eigenvalue weighted by Gasteiger charge is 2.20. The van der Waals surface area contributed by atoms with Crippen LogP contribution in [-0.4, -0.2) is 27.6 Å². The number of nitrogens with zero attached hydrogens (tertiary/aromatic N) is 1. The van der Waals surface area contributed by atoms with Gasteiger partial charge >= 0.3 is 5.97 Å². The maximum atomic E-state index is 12.0. The van der Waals surface area contributed by atoms with Crippen molar-refractivity contribution >= 4 is 11.9 Å². The highest BCUT2D eigenvalue weighted by atomic mass is 16.4. The average Bonchev–Trinajstić information content (AvgIpc) is 2.77. The normalized spacial score (nSPS) is 12.1. The lowest BCUT2D eigenvalue weighted by Gasteiger charge is -2.14. The molecule has 0 spiro atoms. The van der Waals surface area contributed by atoms with Gasteiger partial charge in [0.15, 0.2) is 0 Å². The molecule has 0 saturated heterocycles. The molecule has 1 rings (SSSR count). The molecule has 1 amide bonds. The smallest absolute Gasteiger partial charge is 0.326 e. The number of hydrogen-bond donors (Lipinski definition) is 2. The molecule has 0 aliphatic carbocycles. The maximum absolute atomic E-state index is 12.0. The standard InChI is InChI=1S/C13H20N2O3/c1-3-6-10(13(17)18)14-12(16)11-7-5-9-15(11)8-4-2/h5,7,9-10H,3-4,6,8H2,1-2H3,(H,14,16)(H,17,18)/t10-/m1/s1. The minimum Gasteiger partial charge on any atom is -0.480 e. The van der Waals surface area contributed by atoms with E-state index in [1.165, 1.54) is 0 Å². The fraction of sp³-hybridized carbons (Fsp3) is 0.538. The second-order valence-corrected chi connectivity index (χ2v) is 4.24. The third-order valence-electron chi connectivity index (χ3n) is 2.71. The number of aromatic nitrogens is 1. The molecule has 0 fully saturated rings. The molecule has 0 aliphatic rings. The lowest BCUT2D eigenvalue weighted by Crippen LogP contribution is -2.41. The lowest BCUT2D eigenvalue weighted by molar-refractivity contribution is -0.139. The van der Waals surface area contributed by atoms with E-state index in [2.05, 4.69) is 5.32 Å². The first kappa shape index (κ1) is 14.3. The van der Waals surface area contributed by atoms with Crippen molar-refractivity contribution in [1.29, 1.82) is 0 Å². The Morgan fingerprint density at radius 1 is 1.39 bits per heavy atom. The van der Waals surface area contributed by atoms with Crippen LogP contribution in [0.1, 0.15) is 43.6 Å². The van der Waals surface area contributed by atoms with Crippen LogP contribution in [0.2, 0.25) is 0 Å². The third kappa shape index (κ3) is 3.61. The average molecular weight is 252 g/mol. The van der Waals surface area contributed by atoms with Gasteiger partial charge in [0.1, 0.15) is 11.7 Å². The number of nitrogens with one attached hydrogen (secondary N) is 1. The summed E-state index contributed by atoms with van der Waals surface area (Å²) in [5.74, 6) is -1.31. The zero-order valence-corrected chi connectivity index (χ0v) is 10.8. The minimum absolute atomic E-state index is 0.325. The van der Waals surface area contributed by atoms with Crippen LogP contribution in [0.3, 0.4) is 0 Å². The van der Waals surface area contributed by atoms with Crippen molar-refractivity contribution in [3.63, 3.8) is 0 Å². The molecule has 1 atom stereocenters.